The Kier molecular flexibility index (Phi) is 4.19. The predicted molar refractivity (Wildman–Crippen MR) is 98.1 cm³/mol. The van der Waals surface area contributed by atoms with Gasteiger partial charge in [-0.25, -0.2) is 0 Å². The molecule has 25 heavy (non-hydrogen) atoms. The number of phenolic OH excluding ortho intramolecular Hbond substituents is 2. The van der Waals surface area contributed by atoms with Crippen LogP contribution in [0.15, 0.2) is 53.5 Å². The molecule has 2 aromatic rings. The Balaban J connectivity index is 1.77. The second-order valence-corrected chi connectivity index (χ2v) is 6.82. The van der Waals surface area contributed by atoms with Crippen LogP contribution in [0.25, 0.3) is 0 Å². The van der Waals surface area contributed by atoms with Crippen LogP contribution in [0.2, 0.25) is 0 Å². The van der Waals surface area contributed by atoms with Gasteiger partial charge < -0.3 is 15.5 Å². The zero-order chi connectivity index (χ0) is 17.3. The molecule has 0 aliphatic carbocycles. The number of benzene rings is 2. The molecule has 0 amide bonds. The summed E-state index contributed by atoms with van der Waals surface area (Å²) in [6, 6.07) is 14.8. The van der Waals surface area contributed by atoms with Gasteiger partial charge in [-0.1, -0.05) is 30.3 Å². The fraction of sp³-hybridized carbons (Fsp3) is 0.350. The molecule has 0 radical (unpaired) electrons. The molecule has 1 fully saturated rings. The van der Waals surface area contributed by atoms with E-state index in [4.69, 9.17) is 4.99 Å². The van der Waals surface area contributed by atoms with Crippen molar-refractivity contribution in [1.82, 2.24) is 10.6 Å². The summed E-state index contributed by atoms with van der Waals surface area (Å²) in [5.74, 6) is 0.547. The molecule has 1 saturated heterocycles. The molecule has 130 valence electrons. The third-order valence-electron chi connectivity index (χ3n) is 5.15. The van der Waals surface area contributed by atoms with Crippen molar-refractivity contribution >= 4 is 5.71 Å². The first-order valence-electron chi connectivity index (χ1n) is 8.80. The highest BCUT2D eigenvalue weighted by Gasteiger charge is 2.39. The molecule has 2 aliphatic heterocycles. The third-order valence-corrected chi connectivity index (χ3v) is 5.15. The number of hydrogen-bond acceptors (Lipinski definition) is 5. The van der Waals surface area contributed by atoms with E-state index >= 15 is 0 Å². The van der Waals surface area contributed by atoms with E-state index in [2.05, 4.69) is 10.6 Å². The monoisotopic (exact) mass is 337 g/mol. The molecule has 4 rings (SSSR count). The standard InChI is InChI=1S/C20H23N3O2/c24-18-7-3-1-5-14(18)16-13-17(15-6-2-4-8-19(15)25)23-20(22-16)9-11-21-12-10-20/h1-8,16,21-22,24-25H,9-13H2/t16-/m0/s1. The molecule has 5 heteroatoms. The number of aromatic hydroxyl groups is 2. The highest BCUT2D eigenvalue weighted by Crippen LogP contribution is 2.37. The molecule has 0 aromatic heterocycles. The Morgan fingerprint density at radius 2 is 1.60 bits per heavy atom. The molecular formula is C20H23N3O2. The van der Waals surface area contributed by atoms with Crippen LogP contribution in [0.4, 0.5) is 0 Å². The van der Waals surface area contributed by atoms with Crippen LogP contribution in [0.1, 0.15) is 36.4 Å². The first-order chi connectivity index (χ1) is 12.2. The second-order valence-electron chi connectivity index (χ2n) is 6.82. The molecule has 1 spiro atoms. The SMILES string of the molecule is Oc1ccccc1C1=NC2(CCNCC2)N[C@H](c2ccccc2O)C1. The van der Waals surface area contributed by atoms with Gasteiger partial charge in [0.15, 0.2) is 0 Å². The molecule has 0 unspecified atom stereocenters. The van der Waals surface area contributed by atoms with Crippen molar-refractivity contribution in [1.29, 1.82) is 0 Å². The van der Waals surface area contributed by atoms with Crippen molar-refractivity contribution in [3.8, 4) is 11.5 Å². The number of aliphatic imine (C=N–C) groups is 1. The summed E-state index contributed by atoms with van der Waals surface area (Å²) < 4.78 is 0. The van der Waals surface area contributed by atoms with E-state index in [0.717, 1.165) is 42.8 Å². The van der Waals surface area contributed by atoms with Gasteiger partial charge in [-0.05, 0) is 44.1 Å². The van der Waals surface area contributed by atoms with Gasteiger partial charge in [-0.3, -0.25) is 10.3 Å². The Morgan fingerprint density at radius 1 is 0.920 bits per heavy atom. The van der Waals surface area contributed by atoms with E-state index in [-0.39, 0.29) is 17.5 Å². The van der Waals surface area contributed by atoms with E-state index < -0.39 is 0 Å². The molecule has 2 aliphatic rings. The van der Waals surface area contributed by atoms with E-state index in [1.807, 2.05) is 36.4 Å². The average molecular weight is 337 g/mol. The molecule has 4 N–H and O–H groups in total. The van der Waals surface area contributed by atoms with Crippen LogP contribution in [0.5, 0.6) is 11.5 Å². The van der Waals surface area contributed by atoms with Crippen LogP contribution in [-0.2, 0) is 0 Å². The lowest BCUT2D eigenvalue weighted by molar-refractivity contribution is 0.216. The molecule has 2 aromatic carbocycles. The summed E-state index contributed by atoms with van der Waals surface area (Å²) in [7, 11) is 0. The summed E-state index contributed by atoms with van der Waals surface area (Å²) in [4.78, 5) is 5.03. The minimum Gasteiger partial charge on any atom is -0.508 e. The third kappa shape index (κ3) is 3.13. The molecular weight excluding hydrogens is 314 g/mol. The smallest absolute Gasteiger partial charge is 0.124 e. The molecule has 0 bridgehead atoms. The van der Waals surface area contributed by atoms with Gasteiger partial charge in [0.2, 0.25) is 0 Å². The first kappa shape index (κ1) is 16.1. The van der Waals surface area contributed by atoms with Gasteiger partial charge in [0.05, 0.1) is 0 Å². The van der Waals surface area contributed by atoms with Crippen LogP contribution in [0, 0.1) is 0 Å². The first-order valence-corrected chi connectivity index (χ1v) is 8.80. The number of rotatable bonds is 2. The summed E-state index contributed by atoms with van der Waals surface area (Å²) in [6.45, 7) is 1.80. The number of hydrogen-bond donors (Lipinski definition) is 4. The lowest BCUT2D eigenvalue weighted by atomic mass is 9.88. The topological polar surface area (TPSA) is 76.9 Å². The Bertz CT molecular complexity index is 797. The summed E-state index contributed by atoms with van der Waals surface area (Å²) in [5, 5.41) is 27.7. The fourth-order valence-electron chi connectivity index (χ4n) is 3.86. The quantitative estimate of drug-likeness (QED) is 0.680. The zero-order valence-corrected chi connectivity index (χ0v) is 14.1. The molecule has 5 nitrogen and oxygen atoms in total. The highest BCUT2D eigenvalue weighted by atomic mass is 16.3. The number of nitrogens with one attached hydrogen (secondary N) is 2. The van der Waals surface area contributed by atoms with Gasteiger partial charge in [-0.2, -0.15) is 0 Å². The van der Waals surface area contributed by atoms with Gasteiger partial charge in [0.1, 0.15) is 17.2 Å². The van der Waals surface area contributed by atoms with E-state index in [0.29, 0.717) is 12.2 Å². The summed E-state index contributed by atoms with van der Waals surface area (Å²) >= 11 is 0. The van der Waals surface area contributed by atoms with Crippen molar-refractivity contribution in [3.05, 3.63) is 59.7 Å². The number of phenols is 2. The van der Waals surface area contributed by atoms with Crippen LogP contribution >= 0.6 is 0 Å². The molecule has 2 heterocycles. The van der Waals surface area contributed by atoms with Gasteiger partial charge in [-0.15, -0.1) is 0 Å². The zero-order valence-electron chi connectivity index (χ0n) is 14.1. The minimum absolute atomic E-state index is 0.0357. The van der Waals surface area contributed by atoms with E-state index in [1.54, 1.807) is 12.1 Å². The Hall–Kier alpha value is -2.37. The number of para-hydroxylation sites is 2. The van der Waals surface area contributed by atoms with Crippen molar-refractivity contribution in [2.75, 3.05) is 13.1 Å². The van der Waals surface area contributed by atoms with E-state index in [1.165, 1.54) is 0 Å². The second kappa shape index (κ2) is 6.50. The highest BCUT2D eigenvalue weighted by molar-refractivity contribution is 6.03. The van der Waals surface area contributed by atoms with Gasteiger partial charge in [0, 0.05) is 29.3 Å². The number of nitrogens with zero attached hydrogens (tertiary/aromatic N) is 1. The van der Waals surface area contributed by atoms with Gasteiger partial charge in [0.25, 0.3) is 0 Å². The Labute approximate surface area is 147 Å². The predicted octanol–water partition coefficient (Wildman–Crippen LogP) is 2.70. The van der Waals surface area contributed by atoms with E-state index in [9.17, 15) is 10.2 Å². The maximum Gasteiger partial charge on any atom is 0.124 e. The van der Waals surface area contributed by atoms with Crippen LogP contribution in [-0.4, -0.2) is 34.7 Å². The van der Waals surface area contributed by atoms with Crippen molar-refractivity contribution in [2.24, 2.45) is 4.99 Å². The normalized spacial score (nSPS) is 22.6. The maximum absolute atomic E-state index is 10.3. The van der Waals surface area contributed by atoms with Crippen molar-refractivity contribution in [3.63, 3.8) is 0 Å². The molecule has 1 atom stereocenters. The largest absolute Gasteiger partial charge is 0.508 e. The summed E-state index contributed by atoms with van der Waals surface area (Å²) in [6.07, 6.45) is 2.40. The Morgan fingerprint density at radius 3 is 2.32 bits per heavy atom. The average Bonchev–Trinajstić information content (AvgIpc) is 2.63. The number of piperidine rings is 1. The van der Waals surface area contributed by atoms with Crippen LogP contribution in [0.3, 0.4) is 0 Å². The maximum atomic E-state index is 10.3. The minimum atomic E-state index is -0.353. The lowest BCUT2D eigenvalue weighted by Crippen LogP contribution is -2.55. The molecule has 0 saturated carbocycles. The van der Waals surface area contributed by atoms with Gasteiger partial charge >= 0.3 is 0 Å². The summed E-state index contributed by atoms with van der Waals surface area (Å²) in [5.41, 5.74) is 2.20. The van der Waals surface area contributed by atoms with Crippen molar-refractivity contribution < 1.29 is 10.2 Å². The van der Waals surface area contributed by atoms with Crippen LogP contribution < -0.4 is 10.6 Å². The fourth-order valence-corrected chi connectivity index (χ4v) is 3.86. The van der Waals surface area contributed by atoms with Crippen molar-refractivity contribution in [2.45, 2.75) is 31.0 Å². The lowest BCUT2D eigenvalue weighted by Gasteiger charge is -2.42.